The Morgan fingerprint density at radius 3 is 2.67 bits per heavy atom. The molecular weight excluding hydrogens is 348 g/mol. The Bertz CT molecular complexity index is 918. The van der Waals surface area contributed by atoms with Crippen molar-refractivity contribution in [3.05, 3.63) is 75.6 Å². The Hall–Kier alpha value is -2.24. The summed E-state index contributed by atoms with van der Waals surface area (Å²) >= 11 is 7.37. The zero-order chi connectivity index (χ0) is 16.9. The third-order valence-corrected chi connectivity index (χ3v) is 4.46. The number of hydrogen-bond acceptors (Lipinski definition) is 5. The van der Waals surface area contributed by atoms with Crippen molar-refractivity contribution in [3.8, 4) is 0 Å². The van der Waals surface area contributed by atoms with E-state index in [2.05, 4.69) is 0 Å². The number of halogens is 1. The van der Waals surface area contributed by atoms with Gasteiger partial charge in [0.15, 0.2) is 5.43 Å². The number of para-hydroxylation sites is 1. The Morgan fingerprint density at radius 2 is 1.88 bits per heavy atom. The average Bonchev–Trinajstić information content (AvgIpc) is 2.60. The van der Waals surface area contributed by atoms with E-state index in [1.807, 2.05) is 12.1 Å². The van der Waals surface area contributed by atoms with Crippen molar-refractivity contribution < 1.29 is 13.9 Å². The zero-order valence-corrected chi connectivity index (χ0v) is 14.1. The molecule has 6 heteroatoms. The van der Waals surface area contributed by atoms with E-state index < -0.39 is 5.97 Å². The molecule has 0 radical (unpaired) electrons. The van der Waals surface area contributed by atoms with Crippen LogP contribution in [0.5, 0.6) is 0 Å². The van der Waals surface area contributed by atoms with Crippen molar-refractivity contribution in [2.75, 3.05) is 12.4 Å². The largest absolute Gasteiger partial charge is 0.459 e. The van der Waals surface area contributed by atoms with Crippen molar-refractivity contribution >= 4 is 40.3 Å². The minimum atomic E-state index is -0.644. The number of esters is 1. The molecule has 0 aliphatic rings. The van der Waals surface area contributed by atoms with E-state index in [0.29, 0.717) is 21.7 Å². The van der Waals surface area contributed by atoms with Crippen molar-refractivity contribution in [1.82, 2.24) is 0 Å². The van der Waals surface area contributed by atoms with Crippen molar-refractivity contribution in [2.45, 2.75) is 4.90 Å². The highest BCUT2D eigenvalue weighted by molar-refractivity contribution is 7.99. The Labute approximate surface area is 147 Å². The molecule has 0 unspecified atom stereocenters. The lowest BCUT2D eigenvalue weighted by Crippen LogP contribution is -2.11. The molecule has 0 saturated carbocycles. The topological polar surface area (TPSA) is 56.5 Å². The Morgan fingerprint density at radius 1 is 1.12 bits per heavy atom. The van der Waals surface area contributed by atoms with E-state index in [9.17, 15) is 9.59 Å². The number of carbonyl (C=O) groups excluding carboxylic acids is 1. The first-order valence-corrected chi connectivity index (χ1v) is 8.58. The van der Waals surface area contributed by atoms with Crippen LogP contribution >= 0.6 is 23.4 Å². The quantitative estimate of drug-likeness (QED) is 0.383. The predicted octanol–water partition coefficient (Wildman–Crippen LogP) is 4.40. The highest BCUT2D eigenvalue weighted by Crippen LogP contribution is 2.20. The van der Waals surface area contributed by atoms with Gasteiger partial charge in [-0.3, -0.25) is 4.79 Å². The van der Waals surface area contributed by atoms with E-state index in [1.54, 1.807) is 48.2 Å². The van der Waals surface area contributed by atoms with E-state index in [4.69, 9.17) is 20.8 Å². The molecule has 0 spiro atoms. The standard InChI is InChI=1S/C18H13ClO4S/c19-12-5-7-13(8-6-12)24-10-9-22-18(21)17-11-15(20)14-3-1-2-4-16(14)23-17/h1-8,11H,9-10H2. The fourth-order valence-corrected chi connectivity index (χ4v) is 2.96. The highest BCUT2D eigenvalue weighted by Gasteiger charge is 2.13. The number of fused-ring (bicyclic) bond motifs is 1. The molecule has 1 heterocycles. The molecule has 0 saturated heterocycles. The molecule has 0 aliphatic carbocycles. The van der Waals surface area contributed by atoms with E-state index >= 15 is 0 Å². The van der Waals surface area contributed by atoms with Crippen LogP contribution in [0.15, 0.2) is 68.7 Å². The van der Waals surface area contributed by atoms with Crippen LogP contribution in [0.2, 0.25) is 5.02 Å². The van der Waals surface area contributed by atoms with Gasteiger partial charge in [0, 0.05) is 21.7 Å². The summed E-state index contributed by atoms with van der Waals surface area (Å²) < 4.78 is 10.6. The molecule has 0 bridgehead atoms. The maximum absolute atomic E-state index is 12.0. The molecule has 4 nitrogen and oxygen atoms in total. The summed E-state index contributed by atoms with van der Waals surface area (Å²) in [5.74, 6) is -0.143. The van der Waals surface area contributed by atoms with Crippen LogP contribution in [-0.4, -0.2) is 18.3 Å². The summed E-state index contributed by atoms with van der Waals surface area (Å²) in [6, 6.07) is 15.3. The molecule has 2 aromatic carbocycles. The maximum Gasteiger partial charge on any atom is 0.374 e. The first kappa shape index (κ1) is 16.6. The molecule has 0 atom stereocenters. The van der Waals surface area contributed by atoms with Gasteiger partial charge < -0.3 is 9.15 Å². The lowest BCUT2D eigenvalue weighted by molar-refractivity contribution is 0.0494. The highest BCUT2D eigenvalue weighted by atomic mass is 35.5. The second kappa shape index (κ2) is 7.55. The van der Waals surface area contributed by atoms with E-state index in [0.717, 1.165) is 11.0 Å². The van der Waals surface area contributed by atoms with Gasteiger partial charge >= 0.3 is 5.97 Å². The lowest BCUT2D eigenvalue weighted by Gasteiger charge is -2.05. The lowest BCUT2D eigenvalue weighted by atomic mass is 10.2. The SMILES string of the molecule is O=C(OCCSc1ccc(Cl)cc1)c1cc(=O)c2ccccc2o1. The van der Waals surface area contributed by atoms with Gasteiger partial charge in [0.2, 0.25) is 5.76 Å². The van der Waals surface area contributed by atoms with Gasteiger partial charge in [-0.2, -0.15) is 0 Å². The summed E-state index contributed by atoms with van der Waals surface area (Å²) in [6.07, 6.45) is 0. The minimum Gasteiger partial charge on any atom is -0.459 e. The number of rotatable bonds is 5. The van der Waals surface area contributed by atoms with Gasteiger partial charge in [0.1, 0.15) is 12.2 Å². The zero-order valence-electron chi connectivity index (χ0n) is 12.5. The van der Waals surface area contributed by atoms with E-state index in [-0.39, 0.29) is 17.8 Å². The smallest absolute Gasteiger partial charge is 0.374 e. The van der Waals surface area contributed by atoms with Gasteiger partial charge in [-0.1, -0.05) is 23.7 Å². The number of ether oxygens (including phenoxy) is 1. The molecular formula is C18H13ClO4S. The van der Waals surface area contributed by atoms with Gasteiger partial charge in [-0.25, -0.2) is 4.79 Å². The number of thioether (sulfide) groups is 1. The predicted molar refractivity (Wildman–Crippen MR) is 94.9 cm³/mol. The van der Waals surface area contributed by atoms with Crippen LogP contribution in [0, 0.1) is 0 Å². The molecule has 1 aromatic heterocycles. The molecule has 0 fully saturated rings. The molecule has 24 heavy (non-hydrogen) atoms. The fraction of sp³-hybridized carbons (Fsp3) is 0.111. The number of benzene rings is 2. The van der Waals surface area contributed by atoms with E-state index in [1.165, 1.54) is 0 Å². The molecule has 3 rings (SSSR count). The monoisotopic (exact) mass is 360 g/mol. The van der Waals surface area contributed by atoms with Gasteiger partial charge in [-0.15, -0.1) is 11.8 Å². The van der Waals surface area contributed by atoms with Crippen LogP contribution in [-0.2, 0) is 4.74 Å². The van der Waals surface area contributed by atoms with Crippen LogP contribution < -0.4 is 5.43 Å². The Balaban J connectivity index is 1.59. The first-order chi connectivity index (χ1) is 11.6. The maximum atomic E-state index is 12.0. The number of hydrogen-bond donors (Lipinski definition) is 0. The fourth-order valence-electron chi connectivity index (χ4n) is 2.10. The van der Waals surface area contributed by atoms with Gasteiger partial charge in [0.25, 0.3) is 0 Å². The van der Waals surface area contributed by atoms with Crippen LogP contribution in [0.1, 0.15) is 10.6 Å². The second-order valence-corrected chi connectivity index (χ2v) is 6.51. The average molecular weight is 361 g/mol. The van der Waals surface area contributed by atoms with Crippen LogP contribution in [0.25, 0.3) is 11.0 Å². The molecule has 0 N–H and O–H groups in total. The Kier molecular flexibility index (Phi) is 5.23. The van der Waals surface area contributed by atoms with Crippen LogP contribution in [0.4, 0.5) is 0 Å². The summed E-state index contributed by atoms with van der Waals surface area (Å²) in [5.41, 5.74) is 0.104. The van der Waals surface area contributed by atoms with Gasteiger partial charge in [0.05, 0.1) is 5.39 Å². The van der Waals surface area contributed by atoms with Crippen molar-refractivity contribution in [1.29, 1.82) is 0 Å². The summed E-state index contributed by atoms with van der Waals surface area (Å²) in [5, 5.41) is 1.12. The molecule has 0 amide bonds. The third-order valence-electron chi connectivity index (χ3n) is 3.23. The second-order valence-electron chi connectivity index (χ2n) is 4.91. The minimum absolute atomic E-state index is 0.0878. The normalized spacial score (nSPS) is 10.7. The molecule has 122 valence electrons. The van der Waals surface area contributed by atoms with Crippen molar-refractivity contribution in [2.24, 2.45) is 0 Å². The summed E-state index contributed by atoms with van der Waals surface area (Å²) in [6.45, 7) is 0.211. The number of carbonyl (C=O) groups is 1. The summed E-state index contributed by atoms with van der Waals surface area (Å²) in [4.78, 5) is 25.0. The first-order valence-electron chi connectivity index (χ1n) is 7.22. The molecule has 3 aromatic rings. The van der Waals surface area contributed by atoms with Gasteiger partial charge in [-0.05, 0) is 36.4 Å². The molecule has 0 aliphatic heterocycles. The summed E-state index contributed by atoms with van der Waals surface area (Å²) in [7, 11) is 0. The van der Waals surface area contributed by atoms with Crippen molar-refractivity contribution in [3.63, 3.8) is 0 Å². The third kappa shape index (κ3) is 3.99. The van der Waals surface area contributed by atoms with Crippen LogP contribution in [0.3, 0.4) is 0 Å².